The van der Waals surface area contributed by atoms with Crippen molar-refractivity contribution in [3.63, 3.8) is 0 Å². The van der Waals surface area contributed by atoms with Crippen LogP contribution in [0, 0.1) is 0 Å². The van der Waals surface area contributed by atoms with Crippen molar-refractivity contribution >= 4 is 5.97 Å². The second-order valence-electron chi connectivity index (χ2n) is 3.89. The Bertz CT molecular complexity index is 361. The molecule has 0 spiro atoms. The van der Waals surface area contributed by atoms with Crippen LogP contribution in [-0.2, 0) is 19.0 Å². The number of esters is 1. The molecule has 1 fully saturated rings. The van der Waals surface area contributed by atoms with Gasteiger partial charge in [-0.1, -0.05) is 17.3 Å². The summed E-state index contributed by atoms with van der Waals surface area (Å²) in [5.74, 6) is -1.33. The minimum atomic E-state index is -0.841. The van der Waals surface area contributed by atoms with Crippen LogP contribution in [0.4, 0.5) is 0 Å². The largest absolute Gasteiger partial charge is 0.467 e. The summed E-state index contributed by atoms with van der Waals surface area (Å²) in [6.07, 6.45) is 1.92. The van der Waals surface area contributed by atoms with Crippen molar-refractivity contribution < 1.29 is 19.0 Å². The van der Waals surface area contributed by atoms with Gasteiger partial charge in [0.2, 0.25) is 0 Å². The zero-order valence-corrected chi connectivity index (χ0v) is 9.99. The smallest absolute Gasteiger partial charge is 0.338 e. The first-order valence-electron chi connectivity index (χ1n) is 5.11. The van der Waals surface area contributed by atoms with Crippen LogP contribution in [0.3, 0.4) is 0 Å². The van der Waals surface area contributed by atoms with Crippen molar-refractivity contribution in [2.45, 2.75) is 31.8 Å². The number of carbonyl (C=O) groups is 1. The summed E-state index contributed by atoms with van der Waals surface area (Å²) in [6.45, 7) is 3.62. The lowest BCUT2D eigenvalue weighted by atomic mass is 10.2. The lowest BCUT2D eigenvalue weighted by molar-refractivity contribution is -0.167. The van der Waals surface area contributed by atoms with E-state index in [2.05, 4.69) is 14.8 Å². The SMILES string of the molecule is COC(=O)[C@@H]1OC(C)(C)O[C@@H]1/C=C/CN=[N+]=[N-]. The molecular formula is C10H15N3O4. The molecule has 0 aromatic heterocycles. The van der Waals surface area contributed by atoms with Crippen LogP contribution in [0.1, 0.15) is 13.8 Å². The second kappa shape index (κ2) is 5.67. The Kier molecular flexibility index (Phi) is 4.51. The maximum atomic E-state index is 11.5. The standard InChI is InChI=1S/C10H15N3O4/c1-10(2)16-7(5-4-6-12-13-11)8(17-10)9(14)15-3/h4-5,7-8H,6H2,1-3H3/b5-4+/t7-,8-/m1/s1. The van der Waals surface area contributed by atoms with Gasteiger partial charge in [0, 0.05) is 11.5 Å². The van der Waals surface area contributed by atoms with E-state index in [-0.39, 0.29) is 6.54 Å². The molecule has 1 rings (SSSR count). The molecular weight excluding hydrogens is 226 g/mol. The summed E-state index contributed by atoms with van der Waals surface area (Å²) in [5, 5.41) is 3.34. The fourth-order valence-electron chi connectivity index (χ4n) is 1.51. The molecule has 0 N–H and O–H groups in total. The molecule has 0 unspecified atom stereocenters. The number of carbonyl (C=O) groups excluding carboxylic acids is 1. The van der Waals surface area contributed by atoms with Gasteiger partial charge in [-0.3, -0.25) is 0 Å². The van der Waals surface area contributed by atoms with Crippen LogP contribution < -0.4 is 0 Å². The highest BCUT2D eigenvalue weighted by atomic mass is 16.8. The van der Waals surface area contributed by atoms with Crippen molar-refractivity contribution in [1.82, 2.24) is 0 Å². The van der Waals surface area contributed by atoms with Gasteiger partial charge in [-0.15, -0.1) is 0 Å². The average Bonchev–Trinajstić information content (AvgIpc) is 2.59. The van der Waals surface area contributed by atoms with Crippen molar-refractivity contribution in [1.29, 1.82) is 0 Å². The molecule has 1 heterocycles. The summed E-state index contributed by atoms with van der Waals surface area (Å²) in [5.41, 5.74) is 8.11. The Morgan fingerprint density at radius 3 is 2.88 bits per heavy atom. The van der Waals surface area contributed by atoms with E-state index in [0.717, 1.165) is 0 Å². The number of hydrogen-bond donors (Lipinski definition) is 0. The van der Waals surface area contributed by atoms with Crippen molar-refractivity contribution in [3.05, 3.63) is 22.6 Å². The van der Waals surface area contributed by atoms with Crippen molar-refractivity contribution in [3.8, 4) is 0 Å². The quantitative estimate of drug-likeness (QED) is 0.245. The molecule has 0 bridgehead atoms. The van der Waals surface area contributed by atoms with Crippen LogP contribution in [-0.4, -0.2) is 37.6 Å². The van der Waals surface area contributed by atoms with Gasteiger partial charge in [-0.25, -0.2) is 4.79 Å². The molecule has 1 aliphatic rings. The molecule has 0 aromatic rings. The van der Waals surface area contributed by atoms with E-state index < -0.39 is 24.0 Å². The van der Waals surface area contributed by atoms with Gasteiger partial charge >= 0.3 is 5.97 Å². The zero-order valence-electron chi connectivity index (χ0n) is 9.99. The first-order valence-corrected chi connectivity index (χ1v) is 5.11. The van der Waals surface area contributed by atoms with E-state index in [1.54, 1.807) is 26.0 Å². The Labute approximate surface area is 99.0 Å². The third kappa shape index (κ3) is 3.74. The molecule has 0 saturated carbocycles. The summed E-state index contributed by atoms with van der Waals surface area (Å²) in [4.78, 5) is 14.1. The third-order valence-electron chi connectivity index (χ3n) is 2.14. The Morgan fingerprint density at radius 2 is 2.29 bits per heavy atom. The first-order chi connectivity index (χ1) is 8.00. The summed E-state index contributed by atoms with van der Waals surface area (Å²) < 4.78 is 15.6. The topological polar surface area (TPSA) is 93.5 Å². The fourth-order valence-corrected chi connectivity index (χ4v) is 1.51. The van der Waals surface area contributed by atoms with Crippen LogP contribution in [0.2, 0.25) is 0 Å². The van der Waals surface area contributed by atoms with Crippen LogP contribution in [0.25, 0.3) is 10.4 Å². The Balaban J connectivity index is 2.70. The number of methoxy groups -OCH3 is 1. The first kappa shape index (κ1) is 13.5. The van der Waals surface area contributed by atoms with E-state index >= 15 is 0 Å². The molecule has 7 nitrogen and oxygen atoms in total. The Hall–Kier alpha value is -1.56. The number of azide groups is 1. The normalized spacial score (nSPS) is 26.8. The van der Waals surface area contributed by atoms with Gasteiger partial charge < -0.3 is 14.2 Å². The fraction of sp³-hybridized carbons (Fsp3) is 0.700. The number of hydrogen-bond acceptors (Lipinski definition) is 5. The van der Waals surface area contributed by atoms with Gasteiger partial charge in [0.15, 0.2) is 11.9 Å². The minimum absolute atomic E-state index is 0.199. The van der Waals surface area contributed by atoms with Gasteiger partial charge in [-0.05, 0) is 19.4 Å². The van der Waals surface area contributed by atoms with E-state index in [4.69, 9.17) is 15.0 Å². The second-order valence-corrected chi connectivity index (χ2v) is 3.89. The van der Waals surface area contributed by atoms with E-state index in [9.17, 15) is 4.79 Å². The minimum Gasteiger partial charge on any atom is -0.467 e. The number of nitrogens with zero attached hydrogens (tertiary/aromatic N) is 3. The molecule has 0 aromatic carbocycles. The van der Waals surface area contributed by atoms with Gasteiger partial charge in [0.05, 0.1) is 7.11 Å². The zero-order chi connectivity index (χ0) is 12.9. The highest BCUT2D eigenvalue weighted by Gasteiger charge is 2.44. The lowest BCUT2D eigenvalue weighted by Gasteiger charge is -2.15. The molecule has 0 radical (unpaired) electrons. The van der Waals surface area contributed by atoms with E-state index in [1.165, 1.54) is 7.11 Å². The van der Waals surface area contributed by atoms with Gasteiger partial charge in [0.1, 0.15) is 6.10 Å². The molecule has 94 valence electrons. The predicted molar refractivity (Wildman–Crippen MR) is 59.0 cm³/mol. The highest BCUT2D eigenvalue weighted by Crippen LogP contribution is 2.29. The Morgan fingerprint density at radius 1 is 1.59 bits per heavy atom. The molecule has 0 amide bonds. The summed E-state index contributed by atoms with van der Waals surface area (Å²) in [6, 6.07) is 0. The molecule has 0 aliphatic carbocycles. The average molecular weight is 241 g/mol. The lowest BCUT2D eigenvalue weighted by Crippen LogP contribution is -2.31. The maximum absolute atomic E-state index is 11.5. The van der Waals surface area contributed by atoms with Crippen LogP contribution in [0.15, 0.2) is 17.3 Å². The maximum Gasteiger partial charge on any atom is 0.338 e. The molecule has 1 saturated heterocycles. The van der Waals surface area contributed by atoms with E-state index in [1.807, 2.05) is 0 Å². The van der Waals surface area contributed by atoms with Gasteiger partial charge in [0.25, 0.3) is 0 Å². The monoisotopic (exact) mass is 241 g/mol. The summed E-state index contributed by atoms with van der Waals surface area (Å²) >= 11 is 0. The van der Waals surface area contributed by atoms with Crippen molar-refractivity contribution in [2.75, 3.05) is 13.7 Å². The van der Waals surface area contributed by atoms with Crippen LogP contribution in [0.5, 0.6) is 0 Å². The predicted octanol–water partition coefficient (Wildman–Crippen LogP) is 1.55. The number of rotatable bonds is 4. The molecule has 7 heteroatoms. The molecule has 17 heavy (non-hydrogen) atoms. The molecule has 2 atom stereocenters. The molecule has 1 aliphatic heterocycles. The highest BCUT2D eigenvalue weighted by molar-refractivity contribution is 5.76. The van der Waals surface area contributed by atoms with Crippen molar-refractivity contribution in [2.24, 2.45) is 5.11 Å². The third-order valence-corrected chi connectivity index (χ3v) is 2.14. The summed E-state index contributed by atoms with van der Waals surface area (Å²) in [7, 11) is 1.29. The van der Waals surface area contributed by atoms with Gasteiger partial charge in [-0.2, -0.15) is 0 Å². The number of ether oxygens (including phenoxy) is 3. The van der Waals surface area contributed by atoms with E-state index in [0.29, 0.717) is 0 Å². The van der Waals surface area contributed by atoms with Crippen LogP contribution >= 0.6 is 0 Å².